The minimum Gasteiger partial charge on any atom is -0.328 e. The number of amides is 1. The molecule has 5 rings (SSSR count). The second-order valence-corrected chi connectivity index (χ2v) is 8.70. The van der Waals surface area contributed by atoms with Crippen LogP contribution in [-0.2, 0) is 13.1 Å². The van der Waals surface area contributed by atoms with Gasteiger partial charge in [0.25, 0.3) is 5.91 Å². The molecule has 0 aliphatic carbocycles. The SMILES string of the molecule is Cc1cccc(-n2nc3c(c2-n2cccc2)CN(C(=O)c2cc(Br)ccc2Cl)C3)c1. The monoisotopic (exact) mass is 480 g/mol. The molecule has 0 radical (unpaired) electrons. The summed E-state index contributed by atoms with van der Waals surface area (Å²) >= 11 is 9.72. The van der Waals surface area contributed by atoms with Crippen LogP contribution in [0, 0.1) is 6.92 Å². The van der Waals surface area contributed by atoms with Crippen molar-refractivity contribution in [2.45, 2.75) is 20.0 Å². The van der Waals surface area contributed by atoms with Crippen LogP contribution < -0.4 is 0 Å². The highest BCUT2D eigenvalue weighted by atomic mass is 79.9. The van der Waals surface area contributed by atoms with Gasteiger partial charge in [-0.3, -0.25) is 4.79 Å². The van der Waals surface area contributed by atoms with Gasteiger partial charge in [0, 0.05) is 22.4 Å². The highest BCUT2D eigenvalue weighted by molar-refractivity contribution is 9.10. The number of aryl methyl sites for hydroxylation is 1. The van der Waals surface area contributed by atoms with Gasteiger partial charge in [0.05, 0.1) is 35.1 Å². The molecule has 30 heavy (non-hydrogen) atoms. The normalized spacial score (nSPS) is 13.0. The summed E-state index contributed by atoms with van der Waals surface area (Å²) in [5.74, 6) is 0.858. The summed E-state index contributed by atoms with van der Waals surface area (Å²) in [7, 11) is 0. The van der Waals surface area contributed by atoms with E-state index < -0.39 is 0 Å². The molecular weight excluding hydrogens is 464 g/mol. The van der Waals surface area contributed by atoms with E-state index in [1.54, 1.807) is 17.0 Å². The number of nitrogens with zero attached hydrogens (tertiary/aromatic N) is 4. The van der Waals surface area contributed by atoms with Crippen LogP contribution in [0.2, 0.25) is 5.02 Å². The Balaban J connectivity index is 1.56. The van der Waals surface area contributed by atoms with Crippen LogP contribution in [0.4, 0.5) is 0 Å². The zero-order chi connectivity index (χ0) is 20.8. The maximum atomic E-state index is 13.2. The van der Waals surface area contributed by atoms with Gasteiger partial charge in [0.1, 0.15) is 5.82 Å². The molecule has 0 fully saturated rings. The van der Waals surface area contributed by atoms with Crippen LogP contribution in [-0.4, -0.2) is 25.2 Å². The molecule has 0 unspecified atom stereocenters. The molecule has 0 spiro atoms. The van der Waals surface area contributed by atoms with Gasteiger partial charge in [0.15, 0.2) is 0 Å². The van der Waals surface area contributed by atoms with Gasteiger partial charge in [0.2, 0.25) is 0 Å². The molecule has 3 heterocycles. The van der Waals surface area contributed by atoms with Crippen molar-refractivity contribution in [3.8, 4) is 11.5 Å². The average Bonchev–Trinajstić information content (AvgIpc) is 3.45. The molecule has 0 bridgehead atoms. The molecule has 0 saturated heterocycles. The summed E-state index contributed by atoms with van der Waals surface area (Å²) in [4.78, 5) is 15.0. The van der Waals surface area contributed by atoms with Crippen molar-refractivity contribution in [1.82, 2.24) is 19.2 Å². The number of fused-ring (bicyclic) bond motifs is 1. The van der Waals surface area contributed by atoms with Crippen LogP contribution in [0.1, 0.15) is 27.2 Å². The van der Waals surface area contributed by atoms with E-state index in [9.17, 15) is 4.79 Å². The minimum absolute atomic E-state index is 0.0974. The predicted molar refractivity (Wildman–Crippen MR) is 120 cm³/mol. The van der Waals surface area contributed by atoms with Crippen LogP contribution >= 0.6 is 27.5 Å². The summed E-state index contributed by atoms with van der Waals surface area (Å²) in [5.41, 5.74) is 4.61. The Kier molecular flexibility index (Phi) is 4.76. The standard InChI is InChI=1S/C23H18BrClN4O/c1-15-5-4-6-17(11-15)29-22(27-9-2-3-10-27)19-13-28(14-21(19)26-29)23(30)18-12-16(24)7-8-20(18)25/h2-12H,13-14H2,1H3. The van der Waals surface area contributed by atoms with Gasteiger partial charge in [-0.05, 0) is 55.0 Å². The number of rotatable bonds is 3. The first-order chi connectivity index (χ1) is 14.5. The van der Waals surface area contributed by atoms with Crippen LogP contribution in [0.3, 0.4) is 0 Å². The average molecular weight is 482 g/mol. The Morgan fingerprint density at radius 2 is 1.87 bits per heavy atom. The topological polar surface area (TPSA) is 43.1 Å². The Bertz CT molecular complexity index is 1260. The quantitative estimate of drug-likeness (QED) is 0.385. The van der Waals surface area contributed by atoms with E-state index in [-0.39, 0.29) is 5.91 Å². The van der Waals surface area contributed by atoms with Crippen molar-refractivity contribution in [2.24, 2.45) is 0 Å². The Hall–Kier alpha value is -2.83. The fourth-order valence-corrected chi connectivity index (χ4v) is 4.42. The lowest BCUT2D eigenvalue weighted by Crippen LogP contribution is -2.26. The van der Waals surface area contributed by atoms with Crippen molar-refractivity contribution in [2.75, 3.05) is 0 Å². The van der Waals surface area contributed by atoms with Crippen LogP contribution in [0.25, 0.3) is 11.5 Å². The van der Waals surface area contributed by atoms with Gasteiger partial charge < -0.3 is 9.47 Å². The lowest BCUT2D eigenvalue weighted by Gasteiger charge is -2.18. The molecule has 4 aromatic rings. The molecule has 150 valence electrons. The van der Waals surface area contributed by atoms with E-state index in [1.807, 2.05) is 52.0 Å². The third-order valence-corrected chi connectivity index (χ3v) is 6.09. The van der Waals surface area contributed by atoms with Crippen molar-refractivity contribution in [3.05, 3.63) is 98.9 Å². The molecular formula is C23H18BrClN4O. The second kappa shape index (κ2) is 7.45. The largest absolute Gasteiger partial charge is 0.328 e. The summed E-state index contributed by atoms with van der Waals surface area (Å²) in [6, 6.07) is 17.6. The lowest BCUT2D eigenvalue weighted by atomic mass is 10.2. The molecule has 0 N–H and O–H groups in total. The third kappa shape index (κ3) is 3.26. The van der Waals surface area contributed by atoms with E-state index in [0.717, 1.165) is 27.2 Å². The van der Waals surface area contributed by atoms with Gasteiger partial charge >= 0.3 is 0 Å². The van der Waals surface area contributed by atoms with E-state index in [2.05, 4.69) is 35.0 Å². The fourth-order valence-electron chi connectivity index (χ4n) is 3.86. The number of aromatic nitrogens is 3. The van der Waals surface area contributed by atoms with Gasteiger partial charge in [-0.1, -0.05) is 39.7 Å². The van der Waals surface area contributed by atoms with E-state index >= 15 is 0 Å². The number of benzene rings is 2. The second-order valence-electron chi connectivity index (χ2n) is 7.38. The maximum absolute atomic E-state index is 13.2. The zero-order valence-corrected chi connectivity index (χ0v) is 18.6. The van der Waals surface area contributed by atoms with Crippen LogP contribution in [0.15, 0.2) is 71.5 Å². The minimum atomic E-state index is -0.0974. The fraction of sp³-hybridized carbons (Fsp3) is 0.130. The number of carbonyl (C=O) groups excluding carboxylic acids is 1. The van der Waals surface area contributed by atoms with Crippen molar-refractivity contribution in [1.29, 1.82) is 0 Å². The molecule has 1 aliphatic rings. The number of halogens is 2. The Morgan fingerprint density at radius 1 is 1.07 bits per heavy atom. The molecule has 0 atom stereocenters. The zero-order valence-electron chi connectivity index (χ0n) is 16.2. The number of hydrogen-bond acceptors (Lipinski definition) is 2. The van der Waals surface area contributed by atoms with E-state index in [1.165, 1.54) is 5.56 Å². The lowest BCUT2D eigenvalue weighted by molar-refractivity contribution is 0.0749. The molecule has 7 heteroatoms. The van der Waals surface area contributed by atoms with Crippen molar-refractivity contribution in [3.63, 3.8) is 0 Å². The smallest absolute Gasteiger partial charge is 0.256 e. The summed E-state index contributed by atoms with van der Waals surface area (Å²) in [6.45, 7) is 3.00. The van der Waals surface area contributed by atoms with Gasteiger partial charge in [-0.2, -0.15) is 5.10 Å². The molecule has 2 aromatic carbocycles. The van der Waals surface area contributed by atoms with E-state index in [0.29, 0.717) is 23.7 Å². The first-order valence-corrected chi connectivity index (χ1v) is 10.7. The third-order valence-electron chi connectivity index (χ3n) is 5.27. The number of carbonyl (C=O) groups is 1. The van der Waals surface area contributed by atoms with Gasteiger partial charge in [-0.25, -0.2) is 4.68 Å². The highest BCUT2D eigenvalue weighted by Gasteiger charge is 2.32. The molecule has 1 amide bonds. The molecule has 5 nitrogen and oxygen atoms in total. The van der Waals surface area contributed by atoms with E-state index in [4.69, 9.17) is 16.7 Å². The Labute approximate surface area is 187 Å². The van der Waals surface area contributed by atoms with Crippen LogP contribution in [0.5, 0.6) is 0 Å². The van der Waals surface area contributed by atoms with Crippen molar-refractivity contribution >= 4 is 33.4 Å². The molecule has 1 aliphatic heterocycles. The maximum Gasteiger partial charge on any atom is 0.256 e. The molecule has 2 aromatic heterocycles. The van der Waals surface area contributed by atoms with Crippen molar-refractivity contribution < 1.29 is 4.79 Å². The highest BCUT2D eigenvalue weighted by Crippen LogP contribution is 2.32. The number of hydrogen-bond donors (Lipinski definition) is 0. The summed E-state index contributed by atoms with van der Waals surface area (Å²) in [6.07, 6.45) is 4.00. The Morgan fingerprint density at radius 3 is 2.63 bits per heavy atom. The summed E-state index contributed by atoms with van der Waals surface area (Å²) < 4.78 is 4.84. The first kappa shape index (κ1) is 19.2. The first-order valence-electron chi connectivity index (χ1n) is 9.57. The van der Waals surface area contributed by atoms with Gasteiger partial charge in [-0.15, -0.1) is 0 Å². The predicted octanol–water partition coefficient (Wildman–Crippen LogP) is 5.54. The summed E-state index contributed by atoms with van der Waals surface area (Å²) in [5, 5.41) is 5.33. The molecule has 0 saturated carbocycles.